The van der Waals surface area contributed by atoms with Gasteiger partial charge in [-0.2, -0.15) is 0 Å². The third-order valence-electron chi connectivity index (χ3n) is 3.22. The molecule has 0 aliphatic heterocycles. The van der Waals surface area contributed by atoms with Crippen LogP contribution in [0.1, 0.15) is 18.4 Å². The molecule has 94 valence electrons. The van der Waals surface area contributed by atoms with Crippen molar-refractivity contribution in [2.75, 3.05) is 18.5 Å². The van der Waals surface area contributed by atoms with E-state index in [1.54, 1.807) is 12.3 Å². The van der Waals surface area contributed by atoms with Crippen molar-refractivity contribution in [1.82, 2.24) is 4.98 Å². The van der Waals surface area contributed by atoms with Gasteiger partial charge in [-0.15, -0.1) is 0 Å². The van der Waals surface area contributed by atoms with E-state index < -0.39 is 0 Å². The molecule has 1 heterocycles. The van der Waals surface area contributed by atoms with Gasteiger partial charge in [0.15, 0.2) is 0 Å². The van der Waals surface area contributed by atoms with Crippen LogP contribution in [0.4, 0.5) is 5.82 Å². The largest absolute Gasteiger partial charge is 0.393 e. The fourth-order valence-electron chi connectivity index (χ4n) is 2.13. The maximum atomic E-state index is 9.24. The Labute approximate surface area is 106 Å². The molecule has 0 radical (unpaired) electrons. The minimum atomic E-state index is -0.125. The first-order valence-electron chi connectivity index (χ1n) is 5.74. The first-order chi connectivity index (χ1) is 8.10. The maximum absolute atomic E-state index is 9.24. The molecule has 0 bridgehead atoms. The molecule has 0 amide bonds. The molecule has 0 atom stereocenters. The van der Waals surface area contributed by atoms with Crippen LogP contribution in [0.15, 0.2) is 12.3 Å². The summed E-state index contributed by atoms with van der Waals surface area (Å²) in [6, 6.07) is 1.80. The third-order valence-corrected chi connectivity index (χ3v) is 3.56. The predicted octanol–water partition coefficient (Wildman–Crippen LogP) is 1.43. The van der Waals surface area contributed by atoms with E-state index in [-0.39, 0.29) is 12.7 Å². The first kappa shape index (κ1) is 12.6. The second-order valence-electron chi connectivity index (χ2n) is 4.66. The van der Waals surface area contributed by atoms with Gasteiger partial charge in [-0.05, 0) is 24.8 Å². The van der Waals surface area contributed by atoms with E-state index in [2.05, 4.69) is 4.98 Å². The summed E-state index contributed by atoms with van der Waals surface area (Å²) in [5.41, 5.74) is 0.692. The minimum Gasteiger partial charge on any atom is -0.393 e. The quantitative estimate of drug-likeness (QED) is 0.856. The molecule has 1 saturated carbocycles. The predicted molar refractivity (Wildman–Crippen MR) is 67.2 cm³/mol. The Balaban J connectivity index is 2.01. The van der Waals surface area contributed by atoms with Gasteiger partial charge in [-0.3, -0.25) is 0 Å². The highest BCUT2D eigenvalue weighted by Gasteiger charge is 2.28. The number of pyridine rings is 1. The molecule has 0 unspecified atom stereocenters. The van der Waals surface area contributed by atoms with Crippen LogP contribution in [0.2, 0.25) is 5.02 Å². The van der Waals surface area contributed by atoms with Gasteiger partial charge in [-0.1, -0.05) is 11.6 Å². The third kappa shape index (κ3) is 2.89. The summed E-state index contributed by atoms with van der Waals surface area (Å²) in [4.78, 5) is 6.27. The molecule has 2 rings (SSSR count). The lowest BCUT2D eigenvalue weighted by atomic mass is 9.82. The molecule has 1 aromatic rings. The topological polar surface area (TPSA) is 56.6 Å². The van der Waals surface area contributed by atoms with Crippen molar-refractivity contribution in [2.24, 2.45) is 5.92 Å². The number of hydrogen-bond acceptors (Lipinski definition) is 4. The highest BCUT2D eigenvalue weighted by molar-refractivity contribution is 6.31. The summed E-state index contributed by atoms with van der Waals surface area (Å²) in [7, 11) is 1.96. The molecule has 0 aromatic carbocycles. The zero-order chi connectivity index (χ0) is 12.4. The van der Waals surface area contributed by atoms with Gasteiger partial charge in [0.05, 0.1) is 17.7 Å². The molecule has 0 spiro atoms. The van der Waals surface area contributed by atoms with Crippen LogP contribution in [-0.4, -0.2) is 34.9 Å². The Bertz CT molecular complexity index is 394. The number of rotatable bonds is 4. The summed E-state index contributed by atoms with van der Waals surface area (Å²) >= 11 is 5.89. The molecule has 0 saturated heterocycles. The summed E-state index contributed by atoms with van der Waals surface area (Å²) in [6.07, 6.45) is 3.17. The molecule has 1 fully saturated rings. The molecular weight excluding hydrogens is 240 g/mol. The summed E-state index contributed by atoms with van der Waals surface area (Å²) < 4.78 is 0. The molecule has 1 aliphatic rings. The number of aliphatic hydroxyl groups excluding tert-OH is 2. The van der Waals surface area contributed by atoms with Crippen LogP contribution in [0.5, 0.6) is 0 Å². The summed E-state index contributed by atoms with van der Waals surface area (Å²) in [5.74, 6) is 1.34. The zero-order valence-electron chi connectivity index (χ0n) is 9.80. The van der Waals surface area contributed by atoms with Crippen LogP contribution in [0.3, 0.4) is 0 Å². The van der Waals surface area contributed by atoms with Crippen LogP contribution in [-0.2, 0) is 6.61 Å². The fourth-order valence-corrected chi connectivity index (χ4v) is 2.29. The Morgan fingerprint density at radius 3 is 2.82 bits per heavy atom. The minimum absolute atomic E-state index is 0.0790. The second kappa shape index (κ2) is 5.21. The Kier molecular flexibility index (Phi) is 3.86. The summed E-state index contributed by atoms with van der Waals surface area (Å²) in [6.45, 7) is 0.793. The molecule has 17 heavy (non-hydrogen) atoms. The molecular formula is C12H17ClN2O2. The highest BCUT2D eigenvalue weighted by atomic mass is 35.5. The Morgan fingerprint density at radius 1 is 1.53 bits per heavy atom. The van der Waals surface area contributed by atoms with Crippen molar-refractivity contribution >= 4 is 17.4 Å². The number of nitrogens with zero attached hydrogens (tertiary/aromatic N) is 2. The van der Waals surface area contributed by atoms with Crippen molar-refractivity contribution in [3.8, 4) is 0 Å². The number of anilines is 1. The summed E-state index contributed by atoms with van der Waals surface area (Å²) in [5, 5.41) is 18.9. The monoisotopic (exact) mass is 256 g/mol. The fraction of sp³-hybridized carbons (Fsp3) is 0.583. The van der Waals surface area contributed by atoms with Gasteiger partial charge < -0.3 is 15.1 Å². The highest BCUT2D eigenvalue weighted by Crippen LogP contribution is 2.29. The first-order valence-corrected chi connectivity index (χ1v) is 6.12. The maximum Gasteiger partial charge on any atom is 0.128 e. The smallest absolute Gasteiger partial charge is 0.128 e. The van der Waals surface area contributed by atoms with E-state index in [0.29, 0.717) is 16.5 Å². The van der Waals surface area contributed by atoms with Gasteiger partial charge in [0.2, 0.25) is 0 Å². The van der Waals surface area contributed by atoms with Gasteiger partial charge in [-0.25, -0.2) is 4.98 Å². The Hall–Kier alpha value is -0.840. The van der Waals surface area contributed by atoms with Crippen molar-refractivity contribution in [3.63, 3.8) is 0 Å². The average molecular weight is 257 g/mol. The molecule has 2 N–H and O–H groups in total. The zero-order valence-corrected chi connectivity index (χ0v) is 10.6. The van der Waals surface area contributed by atoms with E-state index >= 15 is 0 Å². The Morgan fingerprint density at radius 2 is 2.24 bits per heavy atom. The van der Waals surface area contributed by atoms with Gasteiger partial charge in [0.1, 0.15) is 5.82 Å². The van der Waals surface area contributed by atoms with Crippen LogP contribution in [0.25, 0.3) is 0 Å². The van der Waals surface area contributed by atoms with Gasteiger partial charge in [0, 0.05) is 25.4 Å². The van der Waals surface area contributed by atoms with Crippen molar-refractivity contribution < 1.29 is 10.2 Å². The van der Waals surface area contributed by atoms with Crippen molar-refractivity contribution in [3.05, 3.63) is 22.8 Å². The molecule has 4 nitrogen and oxygen atoms in total. The number of aromatic nitrogens is 1. The van der Waals surface area contributed by atoms with Crippen LogP contribution >= 0.6 is 11.6 Å². The second-order valence-corrected chi connectivity index (χ2v) is 5.07. The van der Waals surface area contributed by atoms with Crippen LogP contribution in [0, 0.1) is 5.92 Å². The van der Waals surface area contributed by atoms with Crippen molar-refractivity contribution in [1.29, 1.82) is 0 Å². The average Bonchev–Trinajstić information content (AvgIpc) is 2.27. The van der Waals surface area contributed by atoms with E-state index in [1.807, 2.05) is 11.9 Å². The van der Waals surface area contributed by atoms with Crippen molar-refractivity contribution in [2.45, 2.75) is 25.6 Å². The molecule has 1 aromatic heterocycles. The van der Waals surface area contributed by atoms with Gasteiger partial charge >= 0.3 is 0 Å². The van der Waals surface area contributed by atoms with E-state index in [0.717, 1.165) is 25.2 Å². The van der Waals surface area contributed by atoms with Gasteiger partial charge in [0.25, 0.3) is 0 Å². The lowest BCUT2D eigenvalue weighted by Crippen LogP contribution is -2.37. The molecule has 1 aliphatic carbocycles. The van der Waals surface area contributed by atoms with Crippen LogP contribution < -0.4 is 4.90 Å². The molecule has 5 heteroatoms. The standard InChI is InChI=1S/C12H17ClN2O2/c1-15(6-8-2-10(17)3-8)12-4-9(7-16)11(13)5-14-12/h4-5,8,10,16-17H,2-3,6-7H2,1H3. The number of halogens is 1. The SMILES string of the molecule is CN(CC1CC(O)C1)c1cc(CO)c(Cl)cn1. The van der Waals surface area contributed by atoms with E-state index in [1.165, 1.54) is 0 Å². The normalized spacial score (nSPS) is 23.3. The van der Waals surface area contributed by atoms with E-state index in [9.17, 15) is 5.11 Å². The number of hydrogen-bond donors (Lipinski definition) is 2. The number of aliphatic hydroxyl groups is 2. The lowest BCUT2D eigenvalue weighted by Gasteiger charge is -2.34. The lowest BCUT2D eigenvalue weighted by molar-refractivity contribution is 0.0464. The van der Waals surface area contributed by atoms with E-state index in [4.69, 9.17) is 16.7 Å².